The van der Waals surface area contributed by atoms with Crippen molar-refractivity contribution in [2.75, 3.05) is 0 Å². The average molecular weight is 1310 g/mol. The molecule has 0 unspecified atom stereocenters. The van der Waals surface area contributed by atoms with Crippen molar-refractivity contribution >= 4 is 79.6 Å². The van der Waals surface area contributed by atoms with E-state index >= 15 is 0 Å². The van der Waals surface area contributed by atoms with Crippen molar-refractivity contribution in [2.45, 2.75) is 208 Å². The molecule has 2 aliphatic rings. The van der Waals surface area contributed by atoms with E-state index in [2.05, 4.69) is 314 Å². The lowest BCUT2D eigenvalue weighted by Gasteiger charge is -2.39. The van der Waals surface area contributed by atoms with Gasteiger partial charge in [-0.2, -0.15) is 0 Å². The average Bonchev–Trinajstić information content (AvgIpc) is 0.746. The van der Waals surface area contributed by atoms with E-state index in [1.54, 1.807) is 0 Å². The molecule has 2 aliphatic carbocycles. The van der Waals surface area contributed by atoms with Gasteiger partial charge in [0.15, 0.2) is 0 Å². The van der Waals surface area contributed by atoms with Crippen molar-refractivity contribution in [2.24, 2.45) is 0 Å². The largest absolute Gasteiger partial charge is 0.529 e. The molecule has 2 nitrogen and oxygen atoms in total. The molecule has 0 atom stereocenters. The van der Waals surface area contributed by atoms with Gasteiger partial charge in [-0.1, -0.05) is 270 Å². The van der Waals surface area contributed by atoms with Gasteiger partial charge in [0.05, 0.1) is 8.95 Å². The first-order valence-electron chi connectivity index (χ1n) is 31.9. The second kappa shape index (κ2) is 23.6. The van der Waals surface area contributed by atoms with Gasteiger partial charge in [0.2, 0.25) is 0 Å². The number of fused-ring (bicyclic) bond motifs is 2. The minimum Gasteiger partial charge on any atom is -0.529 e. The molecule has 0 amide bonds. The van der Waals surface area contributed by atoms with E-state index in [-0.39, 0.29) is 32.5 Å². The SMILES string of the molecule is CC(C)(C)c1ccc([Si](Oc2c(Br)cc3c(c2-c2c4c(cc(Br)c2O[Si](c2ccc(C(C)(C)C)cc2)(c2ccc(C(C)(C)C)cc2)c2ccc(C(C)(C)C)cc2)CCCC4)CCCC3)(c2ccc(C(C)(C)C)cc2)c2ccc(C(C)(C)C)cc2)cc1. The van der Waals surface area contributed by atoms with Crippen LogP contribution in [0.1, 0.15) is 206 Å². The van der Waals surface area contributed by atoms with Gasteiger partial charge in [-0.05, 0) is 215 Å². The van der Waals surface area contributed by atoms with Crippen LogP contribution in [0.25, 0.3) is 11.1 Å². The summed E-state index contributed by atoms with van der Waals surface area (Å²) < 4.78 is 19.5. The fourth-order valence-electron chi connectivity index (χ4n) is 13.3. The first-order valence-corrected chi connectivity index (χ1v) is 37.3. The van der Waals surface area contributed by atoms with Crippen LogP contribution >= 0.6 is 31.9 Å². The van der Waals surface area contributed by atoms with Crippen molar-refractivity contribution in [1.82, 2.24) is 0 Å². The van der Waals surface area contributed by atoms with Crippen LogP contribution in [0, 0.1) is 0 Å². The highest BCUT2D eigenvalue weighted by Gasteiger charge is 2.49. The molecule has 6 heteroatoms. The molecular formula is C80H96Br2O2Si2. The van der Waals surface area contributed by atoms with Gasteiger partial charge in [-0.25, -0.2) is 0 Å². The molecule has 0 saturated heterocycles. The molecule has 450 valence electrons. The third kappa shape index (κ3) is 12.6. The van der Waals surface area contributed by atoms with Crippen LogP contribution in [0.4, 0.5) is 0 Å². The second-order valence-corrected chi connectivity index (χ2v) is 39.7. The molecule has 0 radical (unpaired) electrons. The highest BCUT2D eigenvalue weighted by atomic mass is 79.9. The van der Waals surface area contributed by atoms with E-state index in [1.807, 2.05) is 0 Å². The zero-order valence-corrected chi connectivity index (χ0v) is 60.4. The fraction of sp³-hybridized carbons (Fsp3) is 0.400. The van der Waals surface area contributed by atoms with E-state index in [9.17, 15) is 0 Å². The number of aryl methyl sites for hydroxylation is 2. The van der Waals surface area contributed by atoms with Gasteiger partial charge in [0.25, 0.3) is 0 Å². The fourth-order valence-corrected chi connectivity index (χ4v) is 22.3. The van der Waals surface area contributed by atoms with Crippen LogP contribution < -0.4 is 40.0 Å². The Balaban J connectivity index is 1.34. The lowest BCUT2D eigenvalue weighted by atomic mass is 9.80. The summed E-state index contributed by atoms with van der Waals surface area (Å²) >= 11 is 8.88. The molecule has 0 aromatic heterocycles. The summed E-state index contributed by atoms with van der Waals surface area (Å²) in [5.74, 6) is 1.80. The number of hydrogen-bond acceptors (Lipinski definition) is 2. The van der Waals surface area contributed by atoms with Gasteiger partial charge >= 0.3 is 16.6 Å². The minimum absolute atomic E-state index is 0.0341. The van der Waals surface area contributed by atoms with Crippen LogP contribution in [-0.2, 0) is 58.2 Å². The molecule has 0 bridgehead atoms. The van der Waals surface area contributed by atoms with Crippen LogP contribution in [-0.4, -0.2) is 16.6 Å². The lowest BCUT2D eigenvalue weighted by Crippen LogP contribution is -2.72. The third-order valence-electron chi connectivity index (χ3n) is 18.8. The maximum absolute atomic E-state index is 8.76. The first-order chi connectivity index (χ1) is 40.2. The summed E-state index contributed by atoms with van der Waals surface area (Å²) in [6, 6.07) is 62.2. The lowest BCUT2D eigenvalue weighted by molar-refractivity contribution is 0.559. The van der Waals surface area contributed by atoms with Crippen molar-refractivity contribution < 1.29 is 8.85 Å². The van der Waals surface area contributed by atoms with Gasteiger partial charge in [-0.3, -0.25) is 0 Å². The quantitative estimate of drug-likeness (QED) is 0.0949. The Kier molecular flexibility index (Phi) is 17.5. The van der Waals surface area contributed by atoms with E-state index in [1.165, 1.54) is 97.9 Å². The number of rotatable bonds is 11. The Morgan fingerprint density at radius 1 is 0.279 bits per heavy atom. The Hall–Kier alpha value is -5.25. The van der Waals surface area contributed by atoms with Gasteiger partial charge < -0.3 is 8.85 Å². The number of benzene rings is 8. The normalized spacial score (nSPS) is 14.6. The summed E-state index contributed by atoms with van der Waals surface area (Å²) in [7, 11) is -7.12. The van der Waals surface area contributed by atoms with Crippen LogP contribution in [0.2, 0.25) is 0 Å². The molecule has 0 N–H and O–H groups in total. The highest BCUT2D eigenvalue weighted by molar-refractivity contribution is 9.11. The minimum atomic E-state index is -3.56. The molecule has 10 rings (SSSR count). The van der Waals surface area contributed by atoms with Gasteiger partial charge in [0, 0.05) is 11.1 Å². The Morgan fingerprint density at radius 2 is 0.465 bits per heavy atom. The topological polar surface area (TPSA) is 18.5 Å². The third-order valence-corrected chi connectivity index (χ3v) is 27.9. The number of hydrogen-bond donors (Lipinski definition) is 0. The maximum Gasteiger partial charge on any atom is 0.347 e. The summed E-state index contributed by atoms with van der Waals surface area (Å²) in [6.45, 7) is 41.7. The Morgan fingerprint density at radius 3 is 0.651 bits per heavy atom. The molecule has 86 heavy (non-hydrogen) atoms. The maximum atomic E-state index is 8.76. The summed E-state index contributed by atoms with van der Waals surface area (Å²) in [5.41, 5.74) is 15.5. The molecule has 0 spiro atoms. The van der Waals surface area contributed by atoms with Crippen molar-refractivity contribution in [3.05, 3.63) is 222 Å². The summed E-state index contributed by atoms with van der Waals surface area (Å²) in [6.07, 6.45) is 8.41. The smallest absolute Gasteiger partial charge is 0.347 e. The second-order valence-electron chi connectivity index (χ2n) is 31.3. The summed E-state index contributed by atoms with van der Waals surface area (Å²) in [5, 5.41) is 7.27. The van der Waals surface area contributed by atoms with E-state index in [0.29, 0.717) is 0 Å². The molecule has 0 saturated carbocycles. The van der Waals surface area contributed by atoms with Crippen molar-refractivity contribution in [3.63, 3.8) is 0 Å². The summed E-state index contributed by atoms with van der Waals surface area (Å²) in [4.78, 5) is 0. The molecule has 0 heterocycles. The Bertz CT molecular complexity index is 3190. The zero-order valence-electron chi connectivity index (χ0n) is 55.2. The van der Waals surface area contributed by atoms with Crippen LogP contribution in [0.15, 0.2) is 167 Å². The molecule has 0 fully saturated rings. The number of halogens is 2. The first kappa shape index (κ1) is 63.8. The standard InChI is InChI=1S/C80H96Br2O2Si2/c1-75(2,3)55-27-39-61(40-28-55)85(62-41-29-56(30-42-62)76(4,5)6,63-43-31-57(32-44-63)77(7,8)9)83-73-69(81)51-53-23-19-21-25-67(53)71(73)72-68-26-22-20-24-54(68)52-70(82)74(72)84-86(64-45-33-58(34-46-64)78(10,11)12,65-47-35-59(36-48-65)79(13,14)15)66-49-37-60(38-50-66)80(16,17)18/h27-52H,19-26H2,1-18H3. The molecule has 8 aromatic carbocycles. The molecule has 0 aliphatic heterocycles. The van der Waals surface area contributed by atoms with E-state index < -0.39 is 16.6 Å². The van der Waals surface area contributed by atoms with E-state index in [4.69, 9.17) is 8.85 Å². The van der Waals surface area contributed by atoms with Crippen molar-refractivity contribution in [1.29, 1.82) is 0 Å². The van der Waals surface area contributed by atoms with Crippen LogP contribution in [0.5, 0.6) is 11.5 Å². The predicted octanol–water partition coefficient (Wildman–Crippen LogP) is 18.5. The predicted molar refractivity (Wildman–Crippen MR) is 382 cm³/mol. The molecular weight excluding hydrogens is 1210 g/mol. The monoisotopic (exact) mass is 1300 g/mol. The zero-order chi connectivity index (χ0) is 62.2. The van der Waals surface area contributed by atoms with Crippen LogP contribution in [0.3, 0.4) is 0 Å². The molecule has 8 aromatic rings. The van der Waals surface area contributed by atoms with Gasteiger partial charge in [0.1, 0.15) is 11.5 Å². The highest BCUT2D eigenvalue weighted by Crippen LogP contribution is 2.53. The van der Waals surface area contributed by atoms with E-state index in [0.717, 1.165) is 71.8 Å². The van der Waals surface area contributed by atoms with Gasteiger partial charge in [-0.15, -0.1) is 0 Å². The van der Waals surface area contributed by atoms with Crippen molar-refractivity contribution in [3.8, 4) is 22.6 Å². The Labute approximate surface area is 537 Å².